The van der Waals surface area contributed by atoms with Gasteiger partial charge in [-0.2, -0.15) is 4.39 Å². The van der Waals surface area contributed by atoms with Crippen LogP contribution in [0.4, 0.5) is 10.1 Å². The molecule has 1 aliphatic heterocycles. The van der Waals surface area contributed by atoms with Gasteiger partial charge in [0.2, 0.25) is 5.82 Å². The Morgan fingerprint density at radius 1 is 1.20 bits per heavy atom. The second-order valence-corrected chi connectivity index (χ2v) is 11.2. The number of hydrogen-bond acceptors (Lipinski definition) is 10. The van der Waals surface area contributed by atoms with Gasteiger partial charge in [0.15, 0.2) is 16.3 Å². The van der Waals surface area contributed by atoms with Crippen molar-refractivity contribution >= 4 is 45.0 Å². The van der Waals surface area contributed by atoms with E-state index in [1.54, 1.807) is 38.1 Å². The van der Waals surface area contributed by atoms with Gasteiger partial charge in [-0.1, -0.05) is 27.3 Å². The van der Waals surface area contributed by atoms with E-state index in [0.717, 1.165) is 23.5 Å². The maximum Gasteiger partial charge on any atom is 0.338 e. The quantitative estimate of drug-likeness (QED) is 0.132. The summed E-state index contributed by atoms with van der Waals surface area (Å²) in [6.45, 7) is 5.73. The molecular formula is C30H25BrFN3O8S. The summed E-state index contributed by atoms with van der Waals surface area (Å²) in [5.41, 5.74) is 0.300. The molecule has 0 bridgehead atoms. The lowest BCUT2D eigenvalue weighted by molar-refractivity contribution is -0.387. The highest BCUT2D eigenvalue weighted by Crippen LogP contribution is 2.41. The van der Waals surface area contributed by atoms with Gasteiger partial charge in [0.05, 0.1) is 47.1 Å². The molecule has 0 saturated heterocycles. The van der Waals surface area contributed by atoms with E-state index in [-0.39, 0.29) is 28.2 Å². The van der Waals surface area contributed by atoms with Crippen molar-refractivity contribution < 1.29 is 32.7 Å². The number of esters is 1. The zero-order valence-electron chi connectivity index (χ0n) is 23.9. The first-order chi connectivity index (χ1) is 21.1. The normalized spacial score (nSPS) is 14.7. The first-order valence-corrected chi connectivity index (χ1v) is 14.9. The zero-order valence-corrected chi connectivity index (χ0v) is 26.3. The minimum atomic E-state index is -0.963. The number of hydrogen-bond donors (Lipinski definition) is 0. The Kier molecular flexibility index (Phi) is 8.83. The number of fused-ring (bicyclic) bond motifs is 1. The summed E-state index contributed by atoms with van der Waals surface area (Å²) < 4.78 is 38.6. The highest BCUT2D eigenvalue weighted by molar-refractivity contribution is 9.10. The Morgan fingerprint density at radius 2 is 1.98 bits per heavy atom. The highest BCUT2D eigenvalue weighted by atomic mass is 79.9. The molecule has 2 aromatic heterocycles. The average molecular weight is 687 g/mol. The maximum atomic E-state index is 14.0. The van der Waals surface area contributed by atoms with Crippen molar-refractivity contribution in [3.63, 3.8) is 0 Å². The molecule has 0 fully saturated rings. The molecule has 3 heterocycles. The van der Waals surface area contributed by atoms with E-state index in [9.17, 15) is 24.1 Å². The molecule has 2 aromatic carbocycles. The lowest BCUT2D eigenvalue weighted by atomic mass is 9.95. The van der Waals surface area contributed by atoms with Crippen LogP contribution in [0.25, 0.3) is 17.4 Å². The van der Waals surface area contributed by atoms with Crippen molar-refractivity contribution in [3.8, 4) is 22.8 Å². The second kappa shape index (κ2) is 12.6. The molecule has 0 N–H and O–H groups in total. The van der Waals surface area contributed by atoms with Gasteiger partial charge < -0.3 is 18.6 Å². The first-order valence-electron chi connectivity index (χ1n) is 13.3. The Bertz CT molecular complexity index is 2010. The van der Waals surface area contributed by atoms with Gasteiger partial charge in [0.25, 0.3) is 5.56 Å². The molecule has 14 heteroatoms. The summed E-state index contributed by atoms with van der Waals surface area (Å²) in [5.74, 6) is -0.159. The first kappa shape index (κ1) is 30.9. The molecule has 0 saturated carbocycles. The summed E-state index contributed by atoms with van der Waals surface area (Å²) in [7, 11) is 1.50. The summed E-state index contributed by atoms with van der Waals surface area (Å²) in [4.78, 5) is 42.5. The average Bonchev–Trinajstić information content (AvgIpc) is 3.57. The van der Waals surface area contributed by atoms with Crippen LogP contribution in [0.1, 0.15) is 38.1 Å². The molecule has 0 unspecified atom stereocenters. The molecule has 228 valence electrons. The van der Waals surface area contributed by atoms with E-state index in [4.69, 9.17) is 18.6 Å². The number of carbonyl (C=O) groups is 1. The molecule has 44 heavy (non-hydrogen) atoms. The minimum Gasteiger partial charge on any atom is -0.493 e. The Hall–Kier alpha value is -4.56. The summed E-state index contributed by atoms with van der Waals surface area (Å²) >= 11 is 4.69. The van der Waals surface area contributed by atoms with Crippen LogP contribution in [-0.4, -0.2) is 35.8 Å². The van der Waals surface area contributed by atoms with Gasteiger partial charge in [-0.3, -0.25) is 19.5 Å². The Labute approximate surface area is 261 Å². The molecule has 11 nitrogen and oxygen atoms in total. The number of halogens is 2. The lowest BCUT2D eigenvalue weighted by Gasteiger charge is -2.26. The fourth-order valence-corrected chi connectivity index (χ4v) is 6.36. The van der Waals surface area contributed by atoms with E-state index in [1.807, 2.05) is 6.92 Å². The van der Waals surface area contributed by atoms with Crippen molar-refractivity contribution in [2.75, 3.05) is 20.3 Å². The lowest BCUT2D eigenvalue weighted by Crippen LogP contribution is -2.40. The maximum absolute atomic E-state index is 14.0. The van der Waals surface area contributed by atoms with Crippen LogP contribution in [-0.2, 0) is 9.53 Å². The highest BCUT2D eigenvalue weighted by Gasteiger charge is 2.35. The molecule has 0 aliphatic carbocycles. The molecular weight excluding hydrogens is 661 g/mol. The fraction of sp³-hybridized carbons (Fsp3) is 0.233. The van der Waals surface area contributed by atoms with Gasteiger partial charge >= 0.3 is 11.7 Å². The number of carbonyl (C=O) groups excluding carboxylic acids is 1. The van der Waals surface area contributed by atoms with Crippen molar-refractivity contribution in [1.29, 1.82) is 0 Å². The fourth-order valence-electron chi connectivity index (χ4n) is 4.79. The number of rotatable bonds is 9. The van der Waals surface area contributed by atoms with Crippen LogP contribution in [0.2, 0.25) is 0 Å². The predicted molar refractivity (Wildman–Crippen MR) is 163 cm³/mol. The number of furan rings is 1. The number of nitro benzene ring substituents is 1. The Balaban J connectivity index is 1.66. The van der Waals surface area contributed by atoms with E-state index >= 15 is 0 Å². The summed E-state index contributed by atoms with van der Waals surface area (Å²) in [6, 6.07) is 9.09. The van der Waals surface area contributed by atoms with Crippen molar-refractivity contribution in [2.24, 2.45) is 4.99 Å². The number of allylic oxidation sites excluding steroid dienone is 1. The molecule has 1 aliphatic rings. The summed E-state index contributed by atoms with van der Waals surface area (Å²) in [5, 5.41) is 11.2. The van der Waals surface area contributed by atoms with E-state index < -0.39 is 34.0 Å². The second-order valence-electron chi connectivity index (χ2n) is 9.39. The van der Waals surface area contributed by atoms with E-state index in [2.05, 4.69) is 20.9 Å². The SMILES string of the molecule is CCOC(=O)C1=C(C)N=c2s/c(=C/c3ccc(-c4ccc(F)c([N+](=O)[O-])c4)o3)c(=O)n2[C@H]1c1cc(OC)c(OCC)cc1Br. The largest absolute Gasteiger partial charge is 0.493 e. The summed E-state index contributed by atoms with van der Waals surface area (Å²) in [6.07, 6.45) is 1.51. The number of ether oxygens (including phenoxy) is 3. The molecule has 5 rings (SSSR count). The van der Waals surface area contributed by atoms with Gasteiger partial charge in [-0.25, -0.2) is 9.79 Å². The molecule has 0 amide bonds. The van der Waals surface area contributed by atoms with Crippen LogP contribution in [0, 0.1) is 15.9 Å². The number of benzene rings is 2. The smallest absolute Gasteiger partial charge is 0.338 e. The van der Waals surface area contributed by atoms with Crippen LogP contribution < -0.4 is 24.4 Å². The number of nitro groups is 1. The van der Waals surface area contributed by atoms with Crippen molar-refractivity contribution in [1.82, 2.24) is 4.57 Å². The standard InChI is InChI=1S/C30H25BrFN3O8S/c1-5-41-24-14-19(31)18(13-23(24)40-4)27-26(29(37)42-6-2)15(3)33-30-34(27)28(36)25(44-30)12-17-8-10-22(43-17)16-7-9-20(32)21(11-16)35(38)39/h7-14,27H,5-6H2,1-4H3/b25-12+/t27-/m0/s1. The van der Waals surface area contributed by atoms with Crippen LogP contribution in [0.3, 0.4) is 0 Å². The molecule has 0 spiro atoms. The van der Waals surface area contributed by atoms with Crippen molar-refractivity contribution in [2.45, 2.75) is 26.8 Å². The third kappa shape index (κ3) is 5.69. The predicted octanol–water partition coefficient (Wildman–Crippen LogP) is 5.28. The number of thiazole rings is 1. The van der Waals surface area contributed by atoms with Crippen LogP contribution >= 0.6 is 27.3 Å². The monoisotopic (exact) mass is 685 g/mol. The molecule has 1 atom stereocenters. The number of aromatic nitrogens is 1. The van der Waals surface area contributed by atoms with Gasteiger partial charge in [0, 0.05) is 22.2 Å². The van der Waals surface area contributed by atoms with Crippen LogP contribution in [0.5, 0.6) is 11.5 Å². The Morgan fingerprint density at radius 3 is 2.66 bits per heavy atom. The van der Waals surface area contributed by atoms with Crippen LogP contribution in [0.15, 0.2) is 72.4 Å². The van der Waals surface area contributed by atoms with Gasteiger partial charge in [-0.15, -0.1) is 0 Å². The van der Waals surface area contributed by atoms with Gasteiger partial charge in [0.1, 0.15) is 11.5 Å². The van der Waals surface area contributed by atoms with E-state index in [1.165, 1.54) is 23.8 Å². The minimum absolute atomic E-state index is 0.124. The molecule has 0 radical (unpaired) electrons. The third-order valence-corrected chi connectivity index (χ3v) is 8.39. The third-order valence-electron chi connectivity index (χ3n) is 6.72. The topological polar surface area (TPSA) is 135 Å². The van der Waals surface area contributed by atoms with E-state index in [0.29, 0.717) is 44.2 Å². The number of methoxy groups -OCH3 is 1. The molecule has 4 aromatic rings. The van der Waals surface area contributed by atoms with Gasteiger partial charge in [-0.05, 0) is 62.7 Å². The van der Waals surface area contributed by atoms with Crippen molar-refractivity contribution in [3.05, 3.63) is 105 Å². The number of nitrogens with zero attached hydrogens (tertiary/aromatic N) is 3. The zero-order chi connectivity index (χ0) is 31.7.